The van der Waals surface area contributed by atoms with Crippen molar-refractivity contribution in [1.29, 1.82) is 0 Å². The van der Waals surface area contributed by atoms with Gasteiger partial charge >= 0.3 is 0 Å². The highest BCUT2D eigenvalue weighted by atomic mass is 16.1. The first kappa shape index (κ1) is 10.7. The summed E-state index contributed by atoms with van der Waals surface area (Å²) in [5.74, 6) is 0.0150. The van der Waals surface area contributed by atoms with Gasteiger partial charge in [-0.05, 0) is 25.1 Å². The maximum atomic E-state index is 12.4. The van der Waals surface area contributed by atoms with Crippen LogP contribution in [0.1, 0.15) is 21.7 Å². The van der Waals surface area contributed by atoms with Crippen molar-refractivity contribution in [2.24, 2.45) is 0 Å². The Morgan fingerprint density at radius 2 is 1.89 bits per heavy atom. The van der Waals surface area contributed by atoms with Gasteiger partial charge in [0, 0.05) is 16.8 Å². The van der Waals surface area contributed by atoms with Crippen LogP contribution < -0.4 is 0 Å². The number of benzene rings is 1. The summed E-state index contributed by atoms with van der Waals surface area (Å²) in [4.78, 5) is 16.6. The number of hydrogen-bond acceptors (Lipinski definition) is 2. The molecule has 0 bridgehead atoms. The van der Waals surface area contributed by atoms with Gasteiger partial charge in [0.2, 0.25) is 5.78 Å². The third-order valence-electron chi connectivity index (χ3n) is 2.95. The van der Waals surface area contributed by atoms with Crippen molar-refractivity contribution < 1.29 is 4.79 Å². The summed E-state index contributed by atoms with van der Waals surface area (Å²) in [5, 5.41) is 0. The van der Waals surface area contributed by atoms with E-state index in [1.54, 1.807) is 6.33 Å². The Labute approximate surface area is 105 Å². The molecule has 0 aliphatic carbocycles. The lowest BCUT2D eigenvalue weighted by molar-refractivity contribution is 0.103. The summed E-state index contributed by atoms with van der Waals surface area (Å²) >= 11 is 0. The second kappa shape index (κ2) is 4.11. The summed E-state index contributed by atoms with van der Waals surface area (Å²) in [6.07, 6.45) is 1.70. The van der Waals surface area contributed by atoms with Gasteiger partial charge in [-0.2, -0.15) is 0 Å². The number of fused-ring (bicyclic) bond motifs is 1. The van der Waals surface area contributed by atoms with Crippen molar-refractivity contribution in [3.63, 3.8) is 0 Å². The maximum Gasteiger partial charge on any atom is 0.209 e. The quantitative estimate of drug-likeness (QED) is 0.641. The van der Waals surface area contributed by atoms with Crippen LogP contribution in [0.25, 0.3) is 5.52 Å². The third kappa shape index (κ3) is 1.70. The molecule has 18 heavy (non-hydrogen) atoms. The lowest BCUT2D eigenvalue weighted by Crippen LogP contribution is -2.05. The molecule has 0 atom stereocenters. The minimum absolute atomic E-state index is 0.0150. The van der Waals surface area contributed by atoms with Crippen LogP contribution in [0.3, 0.4) is 0 Å². The van der Waals surface area contributed by atoms with Crippen molar-refractivity contribution in [1.82, 2.24) is 9.38 Å². The smallest absolute Gasteiger partial charge is 0.209 e. The van der Waals surface area contributed by atoms with Crippen molar-refractivity contribution >= 4 is 11.3 Å². The number of ketones is 1. The number of rotatable bonds is 2. The average Bonchev–Trinajstić information content (AvgIpc) is 2.81. The normalized spacial score (nSPS) is 10.7. The van der Waals surface area contributed by atoms with Crippen LogP contribution >= 0.6 is 0 Å². The van der Waals surface area contributed by atoms with E-state index < -0.39 is 0 Å². The number of aromatic nitrogens is 2. The number of carbonyl (C=O) groups excluding carboxylic acids is 1. The highest BCUT2D eigenvalue weighted by Crippen LogP contribution is 2.14. The van der Waals surface area contributed by atoms with E-state index >= 15 is 0 Å². The molecule has 0 radical (unpaired) electrons. The Balaban J connectivity index is 2.13. The zero-order valence-corrected chi connectivity index (χ0v) is 10.00. The minimum Gasteiger partial charge on any atom is -0.297 e. The van der Waals surface area contributed by atoms with E-state index in [0.717, 1.165) is 11.2 Å². The van der Waals surface area contributed by atoms with E-state index in [1.165, 1.54) is 0 Å². The topological polar surface area (TPSA) is 34.4 Å². The van der Waals surface area contributed by atoms with Gasteiger partial charge < -0.3 is 0 Å². The number of carbonyl (C=O) groups is 1. The summed E-state index contributed by atoms with van der Waals surface area (Å²) in [7, 11) is 0. The molecule has 2 aromatic heterocycles. The van der Waals surface area contributed by atoms with Gasteiger partial charge in [0.25, 0.3) is 0 Å². The molecule has 0 amide bonds. The fourth-order valence-electron chi connectivity index (χ4n) is 2.03. The molecular weight excluding hydrogens is 224 g/mol. The lowest BCUT2D eigenvalue weighted by Gasteiger charge is -2.02. The molecule has 0 saturated carbocycles. The zero-order chi connectivity index (χ0) is 12.5. The van der Waals surface area contributed by atoms with Gasteiger partial charge in [0.05, 0.1) is 12.0 Å². The highest BCUT2D eigenvalue weighted by molar-refractivity contribution is 6.08. The number of hydrogen-bond donors (Lipinski definition) is 0. The van der Waals surface area contributed by atoms with Gasteiger partial charge in [-0.3, -0.25) is 9.20 Å². The Morgan fingerprint density at radius 1 is 1.11 bits per heavy atom. The predicted octanol–water partition coefficient (Wildman–Crippen LogP) is 2.87. The summed E-state index contributed by atoms with van der Waals surface area (Å²) < 4.78 is 1.82. The Kier molecular flexibility index (Phi) is 2.45. The van der Waals surface area contributed by atoms with Crippen molar-refractivity contribution in [2.75, 3.05) is 0 Å². The maximum absolute atomic E-state index is 12.4. The molecule has 3 aromatic rings. The van der Waals surface area contributed by atoms with Crippen molar-refractivity contribution in [3.8, 4) is 0 Å². The van der Waals surface area contributed by atoms with E-state index in [1.807, 2.05) is 59.9 Å². The molecule has 0 aliphatic heterocycles. The van der Waals surface area contributed by atoms with E-state index in [-0.39, 0.29) is 5.78 Å². The van der Waals surface area contributed by atoms with Crippen LogP contribution in [0, 0.1) is 6.92 Å². The van der Waals surface area contributed by atoms with Crippen molar-refractivity contribution in [2.45, 2.75) is 6.92 Å². The highest BCUT2D eigenvalue weighted by Gasteiger charge is 2.12. The molecule has 2 heterocycles. The first-order chi connectivity index (χ1) is 8.75. The minimum atomic E-state index is 0.0150. The standard InChI is InChI=1S/C15H12N2O/c1-11-9-13-7-8-14(17(13)10-16-11)15(18)12-5-3-2-4-6-12/h2-10H,1H3. The molecule has 88 valence electrons. The molecule has 3 nitrogen and oxygen atoms in total. The molecule has 0 aliphatic rings. The Morgan fingerprint density at radius 3 is 2.67 bits per heavy atom. The molecule has 3 heteroatoms. The second-order valence-electron chi connectivity index (χ2n) is 4.24. The zero-order valence-electron chi connectivity index (χ0n) is 10.00. The lowest BCUT2D eigenvalue weighted by atomic mass is 10.1. The molecule has 1 aromatic carbocycles. The predicted molar refractivity (Wildman–Crippen MR) is 69.8 cm³/mol. The van der Waals surface area contributed by atoms with Gasteiger partial charge in [0.1, 0.15) is 0 Å². The second-order valence-corrected chi connectivity index (χ2v) is 4.24. The van der Waals surface area contributed by atoms with E-state index in [2.05, 4.69) is 4.98 Å². The molecule has 0 fully saturated rings. The number of aryl methyl sites for hydroxylation is 1. The first-order valence-electron chi connectivity index (χ1n) is 5.79. The summed E-state index contributed by atoms with van der Waals surface area (Å²) in [6.45, 7) is 1.94. The van der Waals surface area contributed by atoms with Crippen LogP contribution in [0.4, 0.5) is 0 Å². The van der Waals surface area contributed by atoms with Gasteiger partial charge in [-0.15, -0.1) is 0 Å². The molecule has 0 N–H and O–H groups in total. The Bertz CT molecular complexity index is 714. The number of nitrogens with zero attached hydrogens (tertiary/aromatic N) is 2. The third-order valence-corrected chi connectivity index (χ3v) is 2.95. The fourth-order valence-corrected chi connectivity index (χ4v) is 2.03. The molecule has 3 rings (SSSR count). The van der Waals surface area contributed by atoms with Crippen LogP contribution in [-0.2, 0) is 0 Å². The molecule has 0 saturated heterocycles. The molecule has 0 spiro atoms. The van der Waals surface area contributed by atoms with E-state index in [0.29, 0.717) is 11.3 Å². The van der Waals surface area contributed by atoms with Gasteiger partial charge in [-0.25, -0.2) is 4.98 Å². The Hall–Kier alpha value is -2.42. The van der Waals surface area contributed by atoms with Gasteiger partial charge in [-0.1, -0.05) is 30.3 Å². The first-order valence-corrected chi connectivity index (χ1v) is 5.79. The van der Waals surface area contributed by atoms with Crippen LogP contribution in [0.15, 0.2) is 54.9 Å². The SMILES string of the molecule is Cc1cc2ccc(C(=O)c3ccccc3)n2cn1. The van der Waals surface area contributed by atoms with E-state index in [4.69, 9.17) is 0 Å². The summed E-state index contributed by atoms with van der Waals surface area (Å²) in [5.41, 5.74) is 3.27. The largest absolute Gasteiger partial charge is 0.297 e. The average molecular weight is 236 g/mol. The summed E-state index contributed by atoms with van der Waals surface area (Å²) in [6, 6.07) is 15.0. The van der Waals surface area contributed by atoms with Crippen LogP contribution in [-0.4, -0.2) is 15.2 Å². The fraction of sp³-hybridized carbons (Fsp3) is 0.0667. The van der Waals surface area contributed by atoms with Crippen molar-refractivity contribution in [3.05, 3.63) is 71.8 Å². The molecule has 0 unspecified atom stereocenters. The molecular formula is C15H12N2O. The van der Waals surface area contributed by atoms with Crippen LogP contribution in [0.5, 0.6) is 0 Å². The monoisotopic (exact) mass is 236 g/mol. The van der Waals surface area contributed by atoms with Gasteiger partial charge in [0.15, 0.2) is 0 Å². The van der Waals surface area contributed by atoms with Crippen LogP contribution in [0.2, 0.25) is 0 Å². The van der Waals surface area contributed by atoms with E-state index in [9.17, 15) is 4.79 Å².